The predicted octanol–water partition coefficient (Wildman–Crippen LogP) is 1.25. The number of aliphatic carboxylic acids is 3. The van der Waals surface area contributed by atoms with Crippen LogP contribution in [-0.4, -0.2) is 182 Å². The smallest absolute Gasteiger partial charge is 0.333 e. The summed E-state index contributed by atoms with van der Waals surface area (Å²) < 4.78 is 39.3. The molecule has 0 aromatic carbocycles. The lowest BCUT2D eigenvalue weighted by Gasteiger charge is -2.30. The molecule has 0 aliphatic rings. The van der Waals surface area contributed by atoms with Crippen molar-refractivity contribution in [3.05, 3.63) is 112 Å². The summed E-state index contributed by atoms with van der Waals surface area (Å²) >= 11 is 0. The van der Waals surface area contributed by atoms with Gasteiger partial charge in [0.1, 0.15) is 39.6 Å². The van der Waals surface area contributed by atoms with Gasteiger partial charge in [-0.1, -0.05) is 59.2 Å². The van der Waals surface area contributed by atoms with Crippen LogP contribution in [0, 0.1) is 10.8 Å². The first-order valence-electron chi connectivity index (χ1n) is 19.7. The van der Waals surface area contributed by atoms with Gasteiger partial charge in [0, 0.05) is 53.2 Å². The van der Waals surface area contributed by atoms with Crippen molar-refractivity contribution < 1.29 is 117 Å². The Hall–Kier alpha value is -7.35. The molecule has 0 bridgehead atoms. The van der Waals surface area contributed by atoms with Crippen LogP contribution in [0.2, 0.25) is 0 Å². The van der Waals surface area contributed by atoms with E-state index >= 15 is 0 Å². The van der Waals surface area contributed by atoms with Crippen LogP contribution in [0.5, 0.6) is 0 Å². The summed E-state index contributed by atoms with van der Waals surface area (Å²) in [5, 5.41) is 58.5. The van der Waals surface area contributed by atoms with E-state index in [9.17, 15) is 53.4 Å². The lowest BCUT2D eigenvalue weighted by molar-refractivity contribution is -0.162. The van der Waals surface area contributed by atoms with Crippen LogP contribution in [0.15, 0.2) is 112 Å². The van der Waals surface area contributed by atoms with Gasteiger partial charge in [-0.25, -0.2) is 43.2 Å². The zero-order chi connectivity index (χ0) is 55.7. The summed E-state index contributed by atoms with van der Waals surface area (Å²) in [6.45, 7) is 31.9. The summed E-state index contributed by atoms with van der Waals surface area (Å²) in [5.41, 5.74) is -2.09. The molecule has 0 heterocycles. The highest BCUT2D eigenvalue weighted by atomic mass is 16.6. The molecule has 0 atom stereocenters. The molecule has 396 valence electrons. The number of aliphatic hydroxyl groups is 4. The highest BCUT2D eigenvalue weighted by molar-refractivity contribution is 5.88. The van der Waals surface area contributed by atoms with Crippen LogP contribution in [0.25, 0.3) is 0 Å². The van der Waals surface area contributed by atoms with Crippen LogP contribution in [0.3, 0.4) is 0 Å². The summed E-state index contributed by atoms with van der Waals surface area (Å²) in [6.07, 6.45) is 5.31. The van der Waals surface area contributed by atoms with E-state index in [1.807, 2.05) is 0 Å². The molecule has 0 unspecified atom stereocenters. The number of esters is 6. The second-order valence-corrected chi connectivity index (χ2v) is 13.1. The van der Waals surface area contributed by atoms with Crippen molar-refractivity contribution in [3.8, 4) is 0 Å². The average molecular weight is 1010 g/mol. The first-order valence-corrected chi connectivity index (χ1v) is 19.7. The molecule has 0 aromatic heterocycles. The lowest BCUT2D eigenvalue weighted by atomic mass is 9.92. The maximum atomic E-state index is 11.6. The standard InChI is InChI=1S/C17H24O7.C14H18O7.C6H14O4.3C3H4O2/c1-11(2)14(19)22-8-17(7-18,9-23-15(20)12(3)4)10-24-16(21)13(5)6;1-4-11(16)19-8-14(7-15,9-20-12(17)5-2)10-21-13(18)6-3;7-1-3-9-5-6-10-4-2-8;3*1-2-3(4)5/h18H,1,3,5,7-10H2,2,4,6H3;4-6,15H,1-3,7-10H2;7-8H,1-6H2;3*2H,1H2,(H,4,5). The molecule has 7 N–H and O–H groups in total. The van der Waals surface area contributed by atoms with Crippen molar-refractivity contribution in [1.82, 2.24) is 0 Å². The van der Waals surface area contributed by atoms with Crippen molar-refractivity contribution in [3.63, 3.8) is 0 Å². The SMILES string of the molecule is C=C(C)C(=O)OCC(CO)(COC(=O)C(=C)C)COC(=O)C(=C)C.C=CC(=O)O.C=CC(=O)O.C=CC(=O)O.C=CC(=O)OCC(CO)(COC(=O)C=C)COC(=O)C=C.OCCOCCOCCO. The monoisotopic (exact) mass is 1000 g/mol. The van der Waals surface area contributed by atoms with Crippen LogP contribution in [-0.2, 0) is 81.0 Å². The molecule has 0 spiro atoms. The molecule has 0 aliphatic heterocycles. The molecule has 0 radical (unpaired) electrons. The van der Waals surface area contributed by atoms with E-state index in [1.165, 1.54) is 20.8 Å². The highest BCUT2D eigenvalue weighted by Gasteiger charge is 2.36. The van der Waals surface area contributed by atoms with E-state index in [4.69, 9.17) is 63.4 Å². The van der Waals surface area contributed by atoms with Gasteiger partial charge in [-0.05, 0) is 20.8 Å². The molecular formula is C46H68O24. The molecule has 0 fully saturated rings. The normalized spacial score (nSPS) is 9.47. The van der Waals surface area contributed by atoms with Crippen LogP contribution < -0.4 is 0 Å². The first-order chi connectivity index (χ1) is 32.7. The minimum Gasteiger partial charge on any atom is -0.478 e. The molecule has 0 amide bonds. The minimum atomic E-state index is -1.30. The number of aliphatic hydroxyl groups excluding tert-OH is 4. The van der Waals surface area contributed by atoms with Crippen molar-refractivity contribution in [2.45, 2.75) is 20.8 Å². The number of carbonyl (C=O) groups excluding carboxylic acids is 6. The van der Waals surface area contributed by atoms with Gasteiger partial charge >= 0.3 is 53.7 Å². The molecule has 70 heavy (non-hydrogen) atoms. The van der Waals surface area contributed by atoms with Crippen molar-refractivity contribution in [2.75, 3.05) is 92.5 Å². The fourth-order valence-electron chi connectivity index (χ4n) is 2.85. The number of hydrogen-bond acceptors (Lipinski definition) is 21. The van der Waals surface area contributed by atoms with Crippen molar-refractivity contribution >= 4 is 53.7 Å². The third-order valence-electron chi connectivity index (χ3n) is 6.67. The Morgan fingerprint density at radius 1 is 0.386 bits per heavy atom. The Bertz CT molecular complexity index is 1540. The first kappa shape index (κ1) is 74.2. The number of ether oxygens (including phenoxy) is 8. The molecule has 0 aliphatic carbocycles. The molecule has 24 nitrogen and oxygen atoms in total. The van der Waals surface area contributed by atoms with Crippen LogP contribution in [0.1, 0.15) is 20.8 Å². The van der Waals surface area contributed by atoms with Gasteiger partial charge in [-0.15, -0.1) is 0 Å². The molecule has 24 heteroatoms. The highest BCUT2D eigenvalue weighted by Crippen LogP contribution is 2.21. The van der Waals surface area contributed by atoms with Crippen molar-refractivity contribution in [1.29, 1.82) is 0 Å². The zero-order valence-electron chi connectivity index (χ0n) is 39.8. The Morgan fingerprint density at radius 2 is 0.586 bits per heavy atom. The third-order valence-corrected chi connectivity index (χ3v) is 6.67. The molecule has 0 saturated heterocycles. The molecule has 0 aromatic rings. The third kappa shape index (κ3) is 50.1. The second-order valence-electron chi connectivity index (χ2n) is 13.1. The van der Waals surface area contributed by atoms with Gasteiger partial charge in [0.15, 0.2) is 0 Å². The summed E-state index contributed by atoms with van der Waals surface area (Å²) in [6, 6.07) is 0. The fraction of sp³-hybridized carbons (Fsp3) is 0.413. The Balaban J connectivity index is -0.000000199. The Kier molecular flexibility index (Phi) is 51.0. The van der Waals surface area contributed by atoms with Crippen LogP contribution >= 0.6 is 0 Å². The second kappa shape index (κ2) is 48.1. The van der Waals surface area contributed by atoms with Crippen molar-refractivity contribution in [2.24, 2.45) is 10.8 Å². The van der Waals surface area contributed by atoms with Gasteiger partial charge in [-0.3, -0.25) is 0 Å². The number of carboxylic acid groups (broad SMARTS) is 3. The summed E-state index contributed by atoms with van der Waals surface area (Å²) in [4.78, 5) is 95.7. The van der Waals surface area contributed by atoms with E-state index in [-0.39, 0.29) is 69.6 Å². The number of rotatable bonds is 30. The summed E-state index contributed by atoms with van der Waals surface area (Å²) in [7, 11) is 0. The molecule has 0 saturated carbocycles. The predicted molar refractivity (Wildman–Crippen MR) is 249 cm³/mol. The van der Waals surface area contributed by atoms with E-state index in [2.05, 4.69) is 59.2 Å². The van der Waals surface area contributed by atoms with E-state index in [0.717, 1.165) is 36.5 Å². The lowest BCUT2D eigenvalue weighted by Crippen LogP contribution is -2.42. The average Bonchev–Trinajstić information content (AvgIpc) is 3.34. The topological polar surface area (TPSA) is 369 Å². The van der Waals surface area contributed by atoms with Crippen LogP contribution in [0.4, 0.5) is 0 Å². The van der Waals surface area contributed by atoms with Gasteiger partial charge in [0.2, 0.25) is 0 Å². The van der Waals surface area contributed by atoms with Gasteiger partial charge in [0.25, 0.3) is 0 Å². The molecular weight excluding hydrogens is 936 g/mol. The molecule has 0 rings (SSSR count). The van der Waals surface area contributed by atoms with Gasteiger partial charge in [0.05, 0.1) is 63.7 Å². The number of carbonyl (C=O) groups is 9. The van der Waals surface area contributed by atoms with E-state index in [0.29, 0.717) is 26.4 Å². The van der Waals surface area contributed by atoms with E-state index in [1.54, 1.807) is 0 Å². The van der Waals surface area contributed by atoms with Gasteiger partial charge < -0.3 is 73.6 Å². The van der Waals surface area contributed by atoms with E-state index < -0.39 is 77.8 Å². The van der Waals surface area contributed by atoms with Gasteiger partial charge in [-0.2, -0.15) is 0 Å². The largest absolute Gasteiger partial charge is 0.478 e. The zero-order valence-corrected chi connectivity index (χ0v) is 39.8. The fourth-order valence-corrected chi connectivity index (χ4v) is 2.85. The quantitative estimate of drug-likeness (QED) is 0.0230. The Labute approximate surface area is 406 Å². The minimum absolute atomic E-state index is 0.0417. The maximum Gasteiger partial charge on any atom is 0.333 e. The number of carboxylic acids is 3. The summed E-state index contributed by atoms with van der Waals surface area (Å²) in [5.74, 6) is -7.14. The Morgan fingerprint density at radius 3 is 0.729 bits per heavy atom. The maximum absolute atomic E-state index is 11.6. The number of hydrogen-bond donors (Lipinski definition) is 7.